The van der Waals surface area contributed by atoms with Crippen LogP contribution in [0.2, 0.25) is 5.02 Å². The van der Waals surface area contributed by atoms with Gasteiger partial charge in [0.05, 0.1) is 40.6 Å². The number of pyridine rings is 1. The maximum atomic E-state index is 13.2. The van der Waals surface area contributed by atoms with Gasteiger partial charge in [0.25, 0.3) is 5.56 Å². The van der Waals surface area contributed by atoms with Crippen molar-refractivity contribution in [3.63, 3.8) is 0 Å². The fourth-order valence-corrected chi connectivity index (χ4v) is 4.26. The fraction of sp³-hybridized carbons (Fsp3) is 0.333. The maximum Gasteiger partial charge on any atom is 0.261 e. The summed E-state index contributed by atoms with van der Waals surface area (Å²) in [6.07, 6.45) is 9.16. The minimum absolute atomic E-state index is 0.0575. The number of aliphatic imine (C=N–C) groups is 1. The topological polar surface area (TPSA) is 95.4 Å². The molecule has 1 fully saturated rings. The number of ether oxygens (including phenoxy) is 1. The van der Waals surface area contributed by atoms with Gasteiger partial charge in [-0.2, -0.15) is 0 Å². The molecule has 32 heavy (non-hydrogen) atoms. The summed E-state index contributed by atoms with van der Waals surface area (Å²) >= 11 is 6.63. The van der Waals surface area contributed by atoms with Crippen molar-refractivity contribution in [2.24, 2.45) is 10.7 Å². The van der Waals surface area contributed by atoms with Gasteiger partial charge in [-0.25, -0.2) is 4.98 Å². The number of hydrogen-bond acceptors (Lipinski definition) is 6. The minimum atomic E-state index is -0.0984. The molecule has 3 aromatic rings. The number of rotatable bonds is 6. The molecule has 166 valence electrons. The Labute approximate surface area is 191 Å². The zero-order valence-corrected chi connectivity index (χ0v) is 19.0. The van der Waals surface area contributed by atoms with Crippen LogP contribution in [0.4, 0.5) is 0 Å². The lowest BCUT2D eigenvalue weighted by Crippen LogP contribution is -2.27. The van der Waals surface area contributed by atoms with Crippen molar-refractivity contribution in [1.29, 1.82) is 0 Å². The fourth-order valence-electron chi connectivity index (χ4n) is 3.99. The molecule has 1 aliphatic rings. The Bertz CT molecular complexity index is 1240. The van der Waals surface area contributed by atoms with Crippen molar-refractivity contribution in [2.45, 2.75) is 38.8 Å². The molecule has 0 radical (unpaired) electrons. The van der Waals surface area contributed by atoms with Crippen molar-refractivity contribution in [1.82, 2.24) is 14.5 Å². The summed E-state index contributed by atoms with van der Waals surface area (Å²) in [5.41, 5.74) is 10.5. The summed E-state index contributed by atoms with van der Waals surface area (Å²) in [5.74, 6) is 0. The highest BCUT2D eigenvalue weighted by Crippen LogP contribution is 2.28. The van der Waals surface area contributed by atoms with E-state index in [-0.39, 0.29) is 11.7 Å². The molecular weight excluding hydrogens is 426 g/mol. The zero-order valence-electron chi connectivity index (χ0n) is 18.2. The molecule has 1 aromatic carbocycles. The van der Waals surface area contributed by atoms with Crippen LogP contribution in [0, 0.1) is 6.92 Å². The number of nitrogens with zero attached hydrogens (tertiary/aromatic N) is 4. The summed E-state index contributed by atoms with van der Waals surface area (Å²) in [6.45, 7) is 3.20. The molecule has 1 saturated heterocycles. The average Bonchev–Trinajstić information content (AvgIpc) is 3.31. The lowest BCUT2D eigenvalue weighted by molar-refractivity contribution is 0.0960. The first-order valence-corrected chi connectivity index (χ1v) is 11.0. The average molecular weight is 452 g/mol. The highest BCUT2D eigenvalue weighted by atomic mass is 35.5. The number of benzene rings is 1. The Balaban J connectivity index is 1.67. The number of aromatic nitrogens is 3. The maximum absolute atomic E-state index is 13.2. The van der Waals surface area contributed by atoms with Gasteiger partial charge >= 0.3 is 0 Å². The summed E-state index contributed by atoms with van der Waals surface area (Å²) in [7, 11) is 1.69. The van der Waals surface area contributed by atoms with Crippen molar-refractivity contribution in [3.05, 3.63) is 74.7 Å². The smallest absolute Gasteiger partial charge is 0.261 e. The Morgan fingerprint density at radius 3 is 2.91 bits per heavy atom. The second-order valence-corrected chi connectivity index (χ2v) is 8.32. The predicted octanol–water partition coefficient (Wildman–Crippen LogP) is 3.52. The molecule has 0 amide bonds. The molecule has 1 unspecified atom stereocenters. The molecule has 4 rings (SSSR count). The van der Waals surface area contributed by atoms with Crippen LogP contribution in [0.1, 0.15) is 35.2 Å². The molecule has 1 aliphatic heterocycles. The first-order valence-electron chi connectivity index (χ1n) is 10.6. The molecule has 0 spiro atoms. The quantitative estimate of drug-likeness (QED) is 0.578. The molecule has 2 N–H and O–H groups in total. The largest absolute Gasteiger partial charge is 0.404 e. The molecule has 0 saturated carbocycles. The van der Waals surface area contributed by atoms with Crippen LogP contribution in [0.25, 0.3) is 16.5 Å². The monoisotopic (exact) mass is 451 g/mol. The Hall–Kier alpha value is -3.03. The molecule has 3 heterocycles. The van der Waals surface area contributed by atoms with E-state index in [0.717, 1.165) is 47.4 Å². The van der Waals surface area contributed by atoms with Crippen LogP contribution >= 0.6 is 11.6 Å². The summed E-state index contributed by atoms with van der Waals surface area (Å²) in [5, 5.41) is 1.03. The van der Waals surface area contributed by atoms with E-state index in [1.165, 1.54) is 6.20 Å². The van der Waals surface area contributed by atoms with E-state index >= 15 is 0 Å². The van der Waals surface area contributed by atoms with E-state index < -0.39 is 0 Å². The predicted molar refractivity (Wildman–Crippen MR) is 128 cm³/mol. The van der Waals surface area contributed by atoms with Crippen molar-refractivity contribution in [3.8, 4) is 0 Å². The normalized spacial score (nSPS) is 17.0. The van der Waals surface area contributed by atoms with Crippen molar-refractivity contribution >= 4 is 34.3 Å². The second-order valence-electron chi connectivity index (χ2n) is 7.95. The number of halogens is 1. The van der Waals surface area contributed by atoms with Crippen LogP contribution in [0.3, 0.4) is 0 Å². The lowest BCUT2D eigenvalue weighted by atomic mass is 9.99. The van der Waals surface area contributed by atoms with Crippen LogP contribution in [0.5, 0.6) is 0 Å². The third-order valence-corrected chi connectivity index (χ3v) is 6.26. The lowest BCUT2D eigenvalue weighted by Gasteiger charge is -2.14. The summed E-state index contributed by atoms with van der Waals surface area (Å²) in [6, 6.07) is 5.80. The molecule has 2 aromatic heterocycles. The van der Waals surface area contributed by atoms with Gasteiger partial charge in [0.15, 0.2) is 0 Å². The summed E-state index contributed by atoms with van der Waals surface area (Å²) in [4.78, 5) is 26.1. The van der Waals surface area contributed by atoms with Gasteiger partial charge in [0.2, 0.25) is 0 Å². The Morgan fingerprint density at radius 1 is 1.41 bits per heavy atom. The van der Waals surface area contributed by atoms with E-state index in [2.05, 4.69) is 15.0 Å². The third-order valence-electron chi connectivity index (χ3n) is 5.80. The minimum Gasteiger partial charge on any atom is -0.404 e. The van der Waals surface area contributed by atoms with Gasteiger partial charge in [-0.15, -0.1) is 0 Å². The Kier molecular flexibility index (Phi) is 6.67. The van der Waals surface area contributed by atoms with Crippen LogP contribution in [-0.4, -0.2) is 40.5 Å². The van der Waals surface area contributed by atoms with E-state index in [9.17, 15) is 4.79 Å². The number of hydrogen-bond donors (Lipinski definition) is 1. The molecule has 0 aliphatic carbocycles. The number of fused-ring (bicyclic) bond motifs is 1. The van der Waals surface area contributed by atoms with Gasteiger partial charge in [0.1, 0.15) is 0 Å². The molecule has 1 atom stereocenters. The highest BCUT2D eigenvalue weighted by molar-refractivity contribution is 6.35. The Morgan fingerprint density at radius 2 is 2.25 bits per heavy atom. The van der Waals surface area contributed by atoms with E-state index in [0.29, 0.717) is 28.9 Å². The SMILES string of the molecule is CN=CC(=CN)c1ccc(Cc2cc3c(=O)n(CC4CCCO4)cnc3c(Cl)c2C)cn1. The molecule has 7 nitrogen and oxygen atoms in total. The number of nitrogens with two attached hydrogens (primary N) is 1. The van der Waals surface area contributed by atoms with Gasteiger partial charge in [-0.1, -0.05) is 17.7 Å². The van der Waals surface area contributed by atoms with Gasteiger partial charge in [-0.3, -0.25) is 19.3 Å². The van der Waals surface area contributed by atoms with Gasteiger partial charge in [0, 0.05) is 37.8 Å². The molecular formula is C24H26ClN5O2. The van der Waals surface area contributed by atoms with E-state index in [1.54, 1.807) is 30.4 Å². The second kappa shape index (κ2) is 9.63. The molecule has 8 heteroatoms. The standard InChI is InChI=1S/C24H26ClN5O2/c1-15-17(8-16-5-6-21(28-11-16)18(10-26)12-27-2)9-20-23(22(15)25)29-14-30(24(20)31)13-19-4-3-7-32-19/h5-6,9-12,14,19H,3-4,7-8,13,26H2,1-2H3. The number of allylic oxidation sites excluding steroid dienone is 1. The van der Waals surface area contributed by atoms with Gasteiger partial charge in [-0.05, 0) is 55.0 Å². The first-order chi connectivity index (χ1) is 15.5. The van der Waals surface area contributed by atoms with E-state index in [4.69, 9.17) is 22.1 Å². The summed E-state index contributed by atoms with van der Waals surface area (Å²) < 4.78 is 7.30. The highest BCUT2D eigenvalue weighted by Gasteiger charge is 2.19. The van der Waals surface area contributed by atoms with Crippen LogP contribution < -0.4 is 11.3 Å². The zero-order chi connectivity index (χ0) is 22.7. The third kappa shape index (κ3) is 4.45. The van der Waals surface area contributed by atoms with Crippen LogP contribution in [0.15, 0.2) is 46.7 Å². The first kappa shape index (κ1) is 22.2. The van der Waals surface area contributed by atoms with Crippen molar-refractivity contribution < 1.29 is 4.74 Å². The molecule has 0 bridgehead atoms. The van der Waals surface area contributed by atoms with E-state index in [1.807, 2.05) is 25.1 Å². The van der Waals surface area contributed by atoms with Crippen LogP contribution in [-0.2, 0) is 17.7 Å². The van der Waals surface area contributed by atoms with Crippen molar-refractivity contribution in [2.75, 3.05) is 13.7 Å². The van der Waals surface area contributed by atoms with Gasteiger partial charge < -0.3 is 10.5 Å².